The van der Waals surface area contributed by atoms with E-state index in [1.54, 1.807) is 30.3 Å². The number of aldehydes is 1. The molecule has 3 rings (SSSR count). The first-order valence-electron chi connectivity index (χ1n) is 8.57. The number of sulfonamides is 1. The number of carbonyl (C=O) groups excluding carboxylic acids is 2. The fourth-order valence-corrected chi connectivity index (χ4v) is 4.40. The molecule has 1 fully saturated rings. The molecule has 0 aliphatic carbocycles. The number of rotatable bonds is 7. The van der Waals surface area contributed by atoms with Crippen LogP contribution >= 0.6 is 0 Å². The van der Waals surface area contributed by atoms with Gasteiger partial charge in [0.2, 0.25) is 10.0 Å². The second kappa shape index (κ2) is 8.32. The first-order chi connectivity index (χ1) is 13.0. The van der Waals surface area contributed by atoms with Gasteiger partial charge >= 0.3 is 0 Å². The number of anilines is 1. The topological polar surface area (TPSA) is 92.8 Å². The molecule has 8 heteroatoms. The molecule has 0 bridgehead atoms. The Labute approximate surface area is 158 Å². The van der Waals surface area contributed by atoms with Crippen LogP contribution in [0.5, 0.6) is 5.75 Å². The average molecular weight is 388 g/mol. The van der Waals surface area contributed by atoms with E-state index in [4.69, 9.17) is 4.74 Å². The fraction of sp³-hybridized carbons (Fsp3) is 0.263. The minimum Gasteiger partial charge on any atom is -0.484 e. The Kier molecular flexibility index (Phi) is 5.88. The Morgan fingerprint density at radius 2 is 1.85 bits per heavy atom. The largest absolute Gasteiger partial charge is 0.484 e. The lowest BCUT2D eigenvalue weighted by Crippen LogP contribution is -2.28. The molecule has 0 spiro atoms. The summed E-state index contributed by atoms with van der Waals surface area (Å²) in [7, 11) is -3.54. The summed E-state index contributed by atoms with van der Waals surface area (Å²) in [5.74, 6) is -0.0256. The van der Waals surface area contributed by atoms with E-state index in [1.807, 2.05) is 0 Å². The highest BCUT2D eigenvalue weighted by atomic mass is 32.2. The Morgan fingerprint density at radius 1 is 1.11 bits per heavy atom. The standard InChI is InChI=1S/C19H20N2O5S/c22-13-15-5-3-7-17(11-15)26-14-19(23)20-16-6-4-8-18(12-16)27(24,25)21-9-1-2-10-21/h3-8,11-13H,1-2,9-10,14H2,(H,20,23). The number of ether oxygens (including phenoxy) is 1. The van der Waals surface area contributed by atoms with E-state index in [-0.39, 0.29) is 11.5 Å². The van der Waals surface area contributed by atoms with E-state index >= 15 is 0 Å². The van der Waals surface area contributed by atoms with Gasteiger partial charge in [-0.15, -0.1) is 0 Å². The van der Waals surface area contributed by atoms with Crippen LogP contribution in [0.3, 0.4) is 0 Å². The van der Waals surface area contributed by atoms with Crippen molar-refractivity contribution >= 4 is 27.9 Å². The van der Waals surface area contributed by atoms with Crippen molar-refractivity contribution in [1.29, 1.82) is 0 Å². The summed E-state index contributed by atoms with van der Waals surface area (Å²) < 4.78 is 32.0. The predicted molar refractivity (Wildman–Crippen MR) is 100 cm³/mol. The summed E-state index contributed by atoms with van der Waals surface area (Å²) in [6, 6.07) is 12.6. The molecule has 1 amide bonds. The first-order valence-corrected chi connectivity index (χ1v) is 10.0. The van der Waals surface area contributed by atoms with Crippen molar-refractivity contribution < 1.29 is 22.7 Å². The predicted octanol–water partition coefficient (Wildman–Crippen LogP) is 2.30. The van der Waals surface area contributed by atoms with Crippen LogP contribution in [0.4, 0.5) is 5.69 Å². The van der Waals surface area contributed by atoms with Gasteiger partial charge in [-0.2, -0.15) is 4.31 Å². The van der Waals surface area contributed by atoms with Crippen LogP contribution in [0.25, 0.3) is 0 Å². The van der Waals surface area contributed by atoms with E-state index in [9.17, 15) is 18.0 Å². The average Bonchev–Trinajstić information content (AvgIpc) is 3.22. The van der Waals surface area contributed by atoms with Gasteiger partial charge in [-0.1, -0.05) is 18.2 Å². The third-order valence-electron chi connectivity index (χ3n) is 4.18. The highest BCUT2D eigenvalue weighted by Gasteiger charge is 2.27. The van der Waals surface area contributed by atoms with Crippen LogP contribution in [0.15, 0.2) is 53.4 Å². The van der Waals surface area contributed by atoms with Gasteiger partial charge < -0.3 is 10.1 Å². The maximum absolute atomic E-state index is 12.6. The molecule has 1 N–H and O–H groups in total. The second-order valence-corrected chi connectivity index (χ2v) is 8.10. The number of nitrogens with zero attached hydrogens (tertiary/aromatic N) is 1. The molecule has 7 nitrogen and oxygen atoms in total. The quantitative estimate of drug-likeness (QED) is 0.735. The molecule has 2 aromatic carbocycles. The van der Waals surface area contributed by atoms with Gasteiger partial charge in [-0.05, 0) is 43.2 Å². The van der Waals surface area contributed by atoms with Crippen molar-refractivity contribution in [1.82, 2.24) is 4.31 Å². The minimum absolute atomic E-state index is 0.154. The lowest BCUT2D eigenvalue weighted by Gasteiger charge is -2.16. The summed E-state index contributed by atoms with van der Waals surface area (Å²) in [4.78, 5) is 23.0. The van der Waals surface area contributed by atoms with Crippen molar-refractivity contribution in [2.45, 2.75) is 17.7 Å². The van der Waals surface area contributed by atoms with Gasteiger partial charge in [0, 0.05) is 24.3 Å². The highest BCUT2D eigenvalue weighted by molar-refractivity contribution is 7.89. The Morgan fingerprint density at radius 3 is 2.59 bits per heavy atom. The van der Waals surface area contributed by atoms with E-state index in [0.717, 1.165) is 12.8 Å². The normalized spacial score (nSPS) is 14.7. The van der Waals surface area contributed by atoms with Crippen LogP contribution in [0, 0.1) is 0 Å². The molecular formula is C19H20N2O5S. The third-order valence-corrected chi connectivity index (χ3v) is 6.08. The minimum atomic E-state index is -3.54. The fourth-order valence-electron chi connectivity index (χ4n) is 2.84. The molecule has 1 aliphatic heterocycles. The number of benzene rings is 2. The SMILES string of the molecule is O=Cc1cccc(OCC(=O)Nc2cccc(S(=O)(=O)N3CCCC3)c2)c1. The Balaban J connectivity index is 1.63. The van der Waals surface area contributed by atoms with Gasteiger partial charge in [0.1, 0.15) is 12.0 Å². The van der Waals surface area contributed by atoms with Crippen molar-refractivity contribution in [2.75, 3.05) is 25.0 Å². The Bertz CT molecular complexity index is 937. The summed E-state index contributed by atoms with van der Waals surface area (Å²) >= 11 is 0. The molecule has 0 aromatic heterocycles. The number of hydrogen-bond acceptors (Lipinski definition) is 5. The van der Waals surface area contributed by atoms with Gasteiger partial charge in [0.05, 0.1) is 4.90 Å². The zero-order valence-corrected chi connectivity index (χ0v) is 15.4. The van der Waals surface area contributed by atoms with Crippen LogP contribution in [-0.4, -0.2) is 44.6 Å². The molecule has 0 unspecified atom stereocenters. The summed E-state index contributed by atoms with van der Waals surface area (Å²) in [5, 5.41) is 2.63. The zero-order chi connectivity index (χ0) is 19.3. The van der Waals surface area contributed by atoms with Crippen molar-refractivity contribution in [3.05, 3.63) is 54.1 Å². The smallest absolute Gasteiger partial charge is 0.262 e. The summed E-state index contributed by atoms with van der Waals surface area (Å²) in [5.41, 5.74) is 0.832. The Hall–Kier alpha value is -2.71. The molecule has 1 aliphatic rings. The number of hydrogen-bond donors (Lipinski definition) is 1. The lowest BCUT2D eigenvalue weighted by molar-refractivity contribution is -0.118. The monoisotopic (exact) mass is 388 g/mol. The molecule has 27 heavy (non-hydrogen) atoms. The maximum Gasteiger partial charge on any atom is 0.262 e. The summed E-state index contributed by atoms with van der Waals surface area (Å²) in [6.45, 7) is 0.782. The molecule has 1 saturated heterocycles. The van der Waals surface area contributed by atoms with Gasteiger partial charge in [-0.25, -0.2) is 8.42 Å². The van der Waals surface area contributed by atoms with E-state index in [0.29, 0.717) is 36.4 Å². The van der Waals surface area contributed by atoms with Gasteiger partial charge in [-0.3, -0.25) is 9.59 Å². The van der Waals surface area contributed by atoms with Gasteiger partial charge in [0.15, 0.2) is 6.61 Å². The molecule has 0 radical (unpaired) electrons. The molecule has 2 aromatic rings. The molecule has 0 saturated carbocycles. The molecule has 142 valence electrons. The van der Waals surface area contributed by atoms with Crippen LogP contribution in [-0.2, 0) is 14.8 Å². The van der Waals surface area contributed by atoms with Crippen LogP contribution in [0.2, 0.25) is 0 Å². The highest BCUT2D eigenvalue weighted by Crippen LogP contribution is 2.23. The molecular weight excluding hydrogens is 368 g/mol. The zero-order valence-electron chi connectivity index (χ0n) is 14.6. The summed E-state index contributed by atoms with van der Waals surface area (Å²) in [6.07, 6.45) is 2.41. The number of nitrogens with one attached hydrogen (secondary N) is 1. The van der Waals surface area contributed by atoms with E-state index in [1.165, 1.54) is 22.5 Å². The number of amides is 1. The molecule has 1 heterocycles. The van der Waals surface area contributed by atoms with Gasteiger partial charge in [0.25, 0.3) is 5.91 Å². The van der Waals surface area contributed by atoms with Crippen molar-refractivity contribution in [3.63, 3.8) is 0 Å². The third kappa shape index (κ3) is 4.72. The van der Waals surface area contributed by atoms with Crippen LogP contribution < -0.4 is 10.1 Å². The molecule has 0 atom stereocenters. The van der Waals surface area contributed by atoms with E-state index in [2.05, 4.69) is 5.32 Å². The maximum atomic E-state index is 12.6. The van der Waals surface area contributed by atoms with E-state index < -0.39 is 15.9 Å². The first kappa shape index (κ1) is 19.1. The second-order valence-electron chi connectivity index (χ2n) is 6.17. The number of carbonyl (C=O) groups is 2. The van der Waals surface area contributed by atoms with Crippen molar-refractivity contribution in [3.8, 4) is 5.75 Å². The van der Waals surface area contributed by atoms with Crippen LogP contribution in [0.1, 0.15) is 23.2 Å². The lowest BCUT2D eigenvalue weighted by atomic mass is 10.2. The van der Waals surface area contributed by atoms with Crippen molar-refractivity contribution in [2.24, 2.45) is 0 Å².